The molecule has 1 heterocycles. The Hall–Kier alpha value is -5.64. The number of thiophene rings is 1. The Morgan fingerprint density at radius 2 is 1.00 bits per heavy atom. The molecule has 2 nitrogen and oxygen atoms in total. The molecule has 0 fully saturated rings. The van der Waals surface area contributed by atoms with Crippen LogP contribution >= 0.6 is 11.3 Å². The molecule has 2 aliphatic rings. The lowest BCUT2D eigenvalue weighted by Crippen LogP contribution is -2.22. The number of anilines is 6. The van der Waals surface area contributed by atoms with Gasteiger partial charge in [0.15, 0.2) is 0 Å². The number of hydrogen-bond donors (Lipinski definition) is 0. The van der Waals surface area contributed by atoms with Crippen LogP contribution in [0.4, 0.5) is 34.1 Å². The maximum Gasteiger partial charge on any atom is 0.0498 e. The van der Waals surface area contributed by atoms with Gasteiger partial charge in [0.25, 0.3) is 0 Å². The van der Waals surface area contributed by atoms with Gasteiger partial charge < -0.3 is 9.80 Å². The van der Waals surface area contributed by atoms with Gasteiger partial charge in [-0.15, -0.1) is 11.3 Å². The van der Waals surface area contributed by atoms with Crippen LogP contribution in [-0.4, -0.2) is 0 Å². The first-order valence-electron chi connectivity index (χ1n) is 18.9. The lowest BCUT2D eigenvalue weighted by atomic mass is 9.76. The van der Waals surface area contributed by atoms with Crippen LogP contribution in [0.5, 0.6) is 0 Å². The summed E-state index contributed by atoms with van der Waals surface area (Å²) in [6.07, 6.45) is 4.51. The lowest BCUT2D eigenvalue weighted by Gasteiger charge is -2.32. The number of fused-ring (bicyclic) bond motifs is 7. The summed E-state index contributed by atoms with van der Waals surface area (Å²) in [5.41, 5.74) is 17.2. The summed E-state index contributed by atoms with van der Waals surface area (Å²) in [4.78, 5) is 4.92. The molecular formula is C50H42N2S. The van der Waals surface area contributed by atoms with E-state index in [4.69, 9.17) is 0 Å². The van der Waals surface area contributed by atoms with E-state index >= 15 is 0 Å². The van der Waals surface area contributed by atoms with E-state index in [2.05, 4.69) is 182 Å². The van der Waals surface area contributed by atoms with E-state index in [1.807, 2.05) is 11.3 Å². The molecule has 1 aromatic heterocycles. The lowest BCUT2D eigenvalue weighted by molar-refractivity contribution is 0.507. The molecule has 8 aromatic rings. The standard InChI is InChI=1S/C50H42N2S/c1-33-29-34(2)48-47(30-33)53-46-24-23-45(35(3)49(46)48)52(40-17-11-6-12-18-40)42-22-20-37-26-28-50(44(37)32-42)27-25-36-19-21-41(31-43(36)50)51(38-13-7-4-8-14-38)39-15-9-5-10-16-39/h4-24,29-32H,25-28H2,1-3H3/t50-/m1/s1. The van der Waals surface area contributed by atoms with Gasteiger partial charge in [-0.3, -0.25) is 0 Å². The van der Waals surface area contributed by atoms with Gasteiger partial charge in [-0.25, -0.2) is 0 Å². The minimum atomic E-state index is -0.00434. The smallest absolute Gasteiger partial charge is 0.0498 e. The fourth-order valence-corrected chi connectivity index (χ4v) is 10.9. The zero-order valence-corrected chi connectivity index (χ0v) is 31.4. The van der Waals surface area contributed by atoms with E-state index in [0.717, 1.165) is 25.7 Å². The molecule has 0 radical (unpaired) electrons. The van der Waals surface area contributed by atoms with Crippen LogP contribution in [0.2, 0.25) is 0 Å². The second-order valence-electron chi connectivity index (χ2n) is 15.1. The number of para-hydroxylation sites is 3. The highest BCUT2D eigenvalue weighted by atomic mass is 32.1. The SMILES string of the molecule is Cc1cc(C)c2c(c1)sc1ccc(N(c3ccccc3)c3ccc4c(c3)[C@]3(CCc5ccc(N(c6ccccc6)c6ccccc6)cc53)CC4)c(C)c12. The predicted molar refractivity (Wildman–Crippen MR) is 227 cm³/mol. The Bertz CT molecular complexity index is 2620. The van der Waals surface area contributed by atoms with Gasteiger partial charge in [-0.2, -0.15) is 0 Å². The molecule has 258 valence electrons. The first kappa shape index (κ1) is 32.0. The summed E-state index contributed by atoms with van der Waals surface area (Å²) in [5.74, 6) is 0. The molecule has 0 unspecified atom stereocenters. The fourth-order valence-electron chi connectivity index (χ4n) is 9.61. The first-order chi connectivity index (χ1) is 26.0. The van der Waals surface area contributed by atoms with Crippen LogP contribution in [0, 0.1) is 20.8 Å². The van der Waals surface area contributed by atoms with E-state index in [9.17, 15) is 0 Å². The zero-order chi connectivity index (χ0) is 35.7. The van der Waals surface area contributed by atoms with Gasteiger partial charge in [0.1, 0.15) is 0 Å². The first-order valence-corrected chi connectivity index (χ1v) is 19.8. The molecule has 0 N–H and O–H groups in total. The molecule has 10 rings (SSSR count). The van der Waals surface area contributed by atoms with Crippen molar-refractivity contribution in [2.24, 2.45) is 0 Å². The molecule has 7 aromatic carbocycles. The van der Waals surface area contributed by atoms with Gasteiger partial charge in [0, 0.05) is 59.7 Å². The Balaban J connectivity index is 1.13. The molecule has 0 aliphatic heterocycles. The van der Waals surface area contributed by atoms with Crippen LogP contribution in [0.15, 0.2) is 152 Å². The molecule has 53 heavy (non-hydrogen) atoms. The summed E-state index contributed by atoms with van der Waals surface area (Å²) in [6, 6.07) is 56.5. The Morgan fingerprint density at radius 1 is 0.472 bits per heavy atom. The normalized spacial score (nSPS) is 16.0. The van der Waals surface area contributed by atoms with Crippen molar-refractivity contribution in [3.8, 4) is 0 Å². The van der Waals surface area contributed by atoms with Gasteiger partial charge in [0.2, 0.25) is 0 Å². The van der Waals surface area contributed by atoms with Crippen molar-refractivity contribution >= 4 is 65.6 Å². The zero-order valence-electron chi connectivity index (χ0n) is 30.6. The number of aryl methyl sites for hydroxylation is 5. The molecular weight excluding hydrogens is 661 g/mol. The van der Waals surface area contributed by atoms with E-state index in [-0.39, 0.29) is 5.41 Å². The number of benzene rings is 7. The van der Waals surface area contributed by atoms with Gasteiger partial charge in [-0.05, 0) is 164 Å². The van der Waals surface area contributed by atoms with E-state index < -0.39 is 0 Å². The van der Waals surface area contributed by atoms with Crippen LogP contribution in [0.25, 0.3) is 20.2 Å². The largest absolute Gasteiger partial charge is 0.310 e. The molecule has 2 aliphatic carbocycles. The van der Waals surface area contributed by atoms with E-state index in [1.165, 1.54) is 93.2 Å². The topological polar surface area (TPSA) is 6.48 Å². The summed E-state index contributed by atoms with van der Waals surface area (Å²) in [6.45, 7) is 6.80. The van der Waals surface area contributed by atoms with Crippen LogP contribution in [-0.2, 0) is 18.3 Å². The third kappa shape index (κ3) is 5.13. The quantitative estimate of drug-likeness (QED) is 0.170. The van der Waals surface area contributed by atoms with Crippen LogP contribution in [0.3, 0.4) is 0 Å². The summed E-state index contributed by atoms with van der Waals surface area (Å²) in [5, 5.41) is 2.78. The van der Waals surface area contributed by atoms with Crippen LogP contribution < -0.4 is 9.80 Å². The van der Waals surface area contributed by atoms with Crippen molar-refractivity contribution < 1.29 is 0 Å². The Morgan fingerprint density at radius 3 is 1.57 bits per heavy atom. The third-order valence-corrected chi connectivity index (χ3v) is 13.1. The second-order valence-corrected chi connectivity index (χ2v) is 16.2. The molecule has 1 spiro atoms. The molecule has 0 saturated carbocycles. The number of hydrogen-bond acceptors (Lipinski definition) is 3. The van der Waals surface area contributed by atoms with E-state index in [1.54, 1.807) is 0 Å². The van der Waals surface area contributed by atoms with Crippen molar-refractivity contribution in [3.05, 3.63) is 191 Å². The van der Waals surface area contributed by atoms with Crippen LogP contribution in [0.1, 0.15) is 51.8 Å². The molecule has 0 saturated heterocycles. The van der Waals surface area contributed by atoms with Crippen molar-refractivity contribution in [1.29, 1.82) is 0 Å². The maximum atomic E-state index is 2.55. The van der Waals surface area contributed by atoms with Gasteiger partial charge in [0.05, 0.1) is 0 Å². The third-order valence-electron chi connectivity index (χ3n) is 12.0. The predicted octanol–water partition coefficient (Wildman–Crippen LogP) is 14.1. The van der Waals surface area contributed by atoms with E-state index in [0.29, 0.717) is 0 Å². The highest BCUT2D eigenvalue weighted by Crippen LogP contribution is 2.55. The van der Waals surface area contributed by atoms with Gasteiger partial charge >= 0.3 is 0 Å². The van der Waals surface area contributed by atoms with Crippen molar-refractivity contribution in [1.82, 2.24) is 0 Å². The summed E-state index contributed by atoms with van der Waals surface area (Å²) in [7, 11) is 0. The Kier molecular flexibility index (Phi) is 7.56. The molecule has 0 bridgehead atoms. The highest BCUT2D eigenvalue weighted by Gasteiger charge is 2.45. The van der Waals surface area contributed by atoms with Crippen molar-refractivity contribution in [3.63, 3.8) is 0 Å². The van der Waals surface area contributed by atoms with Crippen molar-refractivity contribution in [2.45, 2.75) is 51.9 Å². The Labute approximate surface area is 316 Å². The van der Waals surface area contributed by atoms with Gasteiger partial charge in [-0.1, -0.05) is 72.8 Å². The minimum Gasteiger partial charge on any atom is -0.310 e. The summed E-state index contributed by atoms with van der Waals surface area (Å²) < 4.78 is 2.73. The van der Waals surface area contributed by atoms with Crippen molar-refractivity contribution in [2.75, 3.05) is 9.80 Å². The monoisotopic (exact) mass is 702 g/mol. The molecule has 0 amide bonds. The number of nitrogens with zero attached hydrogens (tertiary/aromatic N) is 2. The minimum absolute atomic E-state index is 0.00434. The number of rotatable bonds is 6. The molecule has 1 atom stereocenters. The molecule has 3 heteroatoms. The average molecular weight is 703 g/mol. The second kappa shape index (κ2) is 12.5. The summed E-state index contributed by atoms with van der Waals surface area (Å²) >= 11 is 1.92. The average Bonchev–Trinajstić information content (AvgIpc) is 3.88. The maximum absolute atomic E-state index is 2.55. The highest BCUT2D eigenvalue weighted by molar-refractivity contribution is 7.25. The fraction of sp³-hybridized carbons (Fsp3) is 0.160.